The van der Waals surface area contributed by atoms with Gasteiger partial charge in [-0.25, -0.2) is 0 Å². The second kappa shape index (κ2) is 4.71. The summed E-state index contributed by atoms with van der Waals surface area (Å²) in [7, 11) is 0. The number of hydrogen-bond acceptors (Lipinski definition) is 3. The van der Waals surface area contributed by atoms with E-state index in [2.05, 4.69) is 36.3 Å². The fraction of sp³-hybridized carbons (Fsp3) is 0.417. The third kappa shape index (κ3) is 2.75. The molecule has 1 aromatic rings. The Morgan fingerprint density at radius 3 is 2.67 bits per heavy atom. The van der Waals surface area contributed by atoms with Crippen LogP contribution in [0, 0.1) is 5.92 Å². The van der Waals surface area contributed by atoms with Gasteiger partial charge in [-0.05, 0) is 18.1 Å². The lowest BCUT2D eigenvalue weighted by Gasteiger charge is -2.12. The second-order valence-corrected chi connectivity index (χ2v) is 5.27. The lowest BCUT2D eigenvalue weighted by Crippen LogP contribution is -2.13. The number of thioether (sulfide) groups is 1. The predicted molar refractivity (Wildman–Crippen MR) is 68.6 cm³/mol. The molecule has 0 radical (unpaired) electrons. The third-order valence-electron chi connectivity index (χ3n) is 2.45. The fourth-order valence-electron chi connectivity index (χ4n) is 1.45. The van der Waals surface area contributed by atoms with Crippen LogP contribution >= 0.6 is 11.8 Å². The van der Waals surface area contributed by atoms with E-state index in [4.69, 9.17) is 0 Å². The summed E-state index contributed by atoms with van der Waals surface area (Å²) in [6.45, 7) is 5.44. The summed E-state index contributed by atoms with van der Waals surface area (Å²) < 4.78 is 0. The van der Waals surface area contributed by atoms with E-state index in [1.165, 1.54) is 0 Å². The van der Waals surface area contributed by atoms with E-state index >= 15 is 0 Å². The van der Waals surface area contributed by atoms with E-state index < -0.39 is 0 Å². The van der Waals surface area contributed by atoms with Gasteiger partial charge in [-0.1, -0.05) is 43.8 Å². The topological polar surface area (TPSA) is 24.4 Å². The first kappa shape index (κ1) is 10.6. The second-order valence-electron chi connectivity index (χ2n) is 4.04. The van der Waals surface area contributed by atoms with E-state index in [1.54, 1.807) is 0 Å². The molecule has 0 fully saturated rings. The maximum absolute atomic E-state index is 4.50. The summed E-state index contributed by atoms with van der Waals surface area (Å²) >= 11 is 1.85. The number of para-hydroxylation sites is 1. The summed E-state index contributed by atoms with van der Waals surface area (Å²) in [5.74, 6) is 0.689. The first-order chi connectivity index (χ1) is 7.25. The van der Waals surface area contributed by atoms with Gasteiger partial charge in [-0.2, -0.15) is 0 Å². The van der Waals surface area contributed by atoms with Crippen LogP contribution in [0.2, 0.25) is 0 Å². The van der Waals surface area contributed by atoms with Crippen LogP contribution in [0.3, 0.4) is 0 Å². The Balaban J connectivity index is 1.93. The van der Waals surface area contributed by atoms with Crippen molar-refractivity contribution < 1.29 is 0 Å². The van der Waals surface area contributed by atoms with Crippen LogP contribution < -0.4 is 5.32 Å². The summed E-state index contributed by atoms with van der Waals surface area (Å²) in [5, 5.41) is 5.03. The van der Waals surface area contributed by atoms with Crippen LogP contribution in [0.1, 0.15) is 13.8 Å². The first-order valence-electron chi connectivity index (χ1n) is 5.29. The van der Waals surface area contributed by atoms with Gasteiger partial charge in [0, 0.05) is 10.9 Å². The van der Waals surface area contributed by atoms with E-state index in [0.29, 0.717) is 11.2 Å². The average Bonchev–Trinajstić information content (AvgIpc) is 2.68. The molecule has 0 saturated heterocycles. The molecule has 0 aliphatic carbocycles. The Hall–Kier alpha value is -0.960. The Morgan fingerprint density at radius 2 is 2.07 bits per heavy atom. The molecular formula is C12H16N2S. The monoisotopic (exact) mass is 220 g/mol. The highest BCUT2D eigenvalue weighted by atomic mass is 32.2. The number of rotatable bonds is 2. The van der Waals surface area contributed by atoms with Gasteiger partial charge in [0.1, 0.15) is 0 Å². The van der Waals surface area contributed by atoms with Crippen molar-refractivity contribution in [3.05, 3.63) is 30.3 Å². The molecule has 0 aromatic heterocycles. The van der Waals surface area contributed by atoms with E-state index in [-0.39, 0.29) is 0 Å². The van der Waals surface area contributed by atoms with Gasteiger partial charge in [0.2, 0.25) is 0 Å². The molecule has 3 heteroatoms. The highest BCUT2D eigenvalue weighted by molar-refractivity contribution is 8.15. The maximum atomic E-state index is 4.50. The van der Waals surface area contributed by atoms with Crippen LogP contribution in [0.15, 0.2) is 35.3 Å². The quantitative estimate of drug-likeness (QED) is 0.827. The number of aliphatic imine (C=N–C) groups is 1. The summed E-state index contributed by atoms with van der Waals surface area (Å²) in [6.07, 6.45) is 0. The molecule has 2 nitrogen and oxygen atoms in total. The normalized spacial score (nSPS) is 20.5. The Bertz CT molecular complexity index is 346. The number of anilines is 1. The van der Waals surface area contributed by atoms with Gasteiger partial charge in [-0.15, -0.1) is 0 Å². The van der Waals surface area contributed by atoms with Crippen molar-refractivity contribution in [2.75, 3.05) is 11.9 Å². The standard InChI is InChI=1S/C12H16N2S/c1-9(2)11-8-13-12(15-11)14-10-6-4-3-5-7-10/h3-7,9,11H,8H2,1-2H3,(H,13,14). The zero-order chi connectivity index (χ0) is 10.7. The van der Waals surface area contributed by atoms with E-state index in [0.717, 1.165) is 17.4 Å². The maximum Gasteiger partial charge on any atom is 0.161 e. The molecule has 1 N–H and O–H groups in total. The molecule has 2 rings (SSSR count). The van der Waals surface area contributed by atoms with E-state index in [1.807, 2.05) is 30.0 Å². The van der Waals surface area contributed by atoms with Crippen molar-refractivity contribution >= 4 is 22.6 Å². The molecule has 1 aliphatic heterocycles. The predicted octanol–water partition coefficient (Wildman–Crippen LogP) is 3.23. The molecule has 0 bridgehead atoms. The molecule has 0 saturated carbocycles. The average molecular weight is 220 g/mol. The van der Waals surface area contributed by atoms with Crippen LogP contribution in [0.25, 0.3) is 0 Å². The number of benzene rings is 1. The van der Waals surface area contributed by atoms with Crippen molar-refractivity contribution in [2.24, 2.45) is 10.9 Å². The number of hydrogen-bond donors (Lipinski definition) is 1. The largest absolute Gasteiger partial charge is 0.335 e. The number of nitrogens with one attached hydrogen (secondary N) is 1. The van der Waals surface area contributed by atoms with Crippen molar-refractivity contribution in [2.45, 2.75) is 19.1 Å². The summed E-state index contributed by atoms with van der Waals surface area (Å²) in [5.41, 5.74) is 1.12. The Labute approximate surface area is 95.2 Å². The van der Waals surface area contributed by atoms with Gasteiger partial charge in [0.15, 0.2) is 5.17 Å². The van der Waals surface area contributed by atoms with Gasteiger partial charge in [0.05, 0.1) is 6.54 Å². The molecule has 15 heavy (non-hydrogen) atoms. The number of nitrogens with zero attached hydrogens (tertiary/aromatic N) is 1. The van der Waals surface area contributed by atoms with Crippen molar-refractivity contribution in [1.29, 1.82) is 0 Å². The van der Waals surface area contributed by atoms with Gasteiger partial charge >= 0.3 is 0 Å². The van der Waals surface area contributed by atoms with Gasteiger partial charge in [-0.3, -0.25) is 4.99 Å². The zero-order valence-corrected chi connectivity index (χ0v) is 9.92. The van der Waals surface area contributed by atoms with Crippen LogP contribution in [0.4, 0.5) is 5.69 Å². The minimum Gasteiger partial charge on any atom is -0.335 e. The molecule has 1 aromatic carbocycles. The van der Waals surface area contributed by atoms with E-state index in [9.17, 15) is 0 Å². The Kier molecular flexibility index (Phi) is 3.31. The molecular weight excluding hydrogens is 204 g/mol. The molecule has 1 unspecified atom stereocenters. The number of amidine groups is 1. The highest BCUT2D eigenvalue weighted by Crippen LogP contribution is 2.27. The lowest BCUT2D eigenvalue weighted by atomic mass is 10.1. The minimum absolute atomic E-state index is 0.635. The van der Waals surface area contributed by atoms with Gasteiger partial charge in [0.25, 0.3) is 0 Å². The van der Waals surface area contributed by atoms with Crippen LogP contribution in [0.5, 0.6) is 0 Å². The third-order valence-corrected chi connectivity index (χ3v) is 3.90. The summed E-state index contributed by atoms with van der Waals surface area (Å²) in [4.78, 5) is 4.50. The fourth-order valence-corrected chi connectivity index (χ4v) is 2.49. The zero-order valence-electron chi connectivity index (χ0n) is 9.10. The molecule has 0 amide bonds. The van der Waals surface area contributed by atoms with Crippen molar-refractivity contribution in [3.8, 4) is 0 Å². The lowest BCUT2D eigenvalue weighted by molar-refractivity contribution is 0.621. The molecule has 1 atom stereocenters. The highest BCUT2D eigenvalue weighted by Gasteiger charge is 2.22. The van der Waals surface area contributed by atoms with Crippen molar-refractivity contribution in [1.82, 2.24) is 0 Å². The van der Waals surface area contributed by atoms with Crippen LogP contribution in [-0.4, -0.2) is 17.0 Å². The van der Waals surface area contributed by atoms with Crippen molar-refractivity contribution in [3.63, 3.8) is 0 Å². The van der Waals surface area contributed by atoms with Gasteiger partial charge < -0.3 is 5.32 Å². The molecule has 0 spiro atoms. The molecule has 1 heterocycles. The molecule has 1 aliphatic rings. The molecule has 80 valence electrons. The Morgan fingerprint density at radius 1 is 1.33 bits per heavy atom. The minimum atomic E-state index is 0.635. The SMILES string of the molecule is CC(C)C1CN=C(Nc2ccccc2)S1. The smallest absolute Gasteiger partial charge is 0.161 e. The van der Waals surface area contributed by atoms with Crippen LogP contribution in [-0.2, 0) is 0 Å². The first-order valence-corrected chi connectivity index (χ1v) is 6.17. The summed E-state index contributed by atoms with van der Waals surface area (Å²) in [6, 6.07) is 10.2.